The minimum Gasteiger partial charge on any atom is -0.356 e. The van der Waals surface area contributed by atoms with Crippen LogP contribution in [0.4, 0.5) is 11.5 Å². The number of hydrogen-bond donors (Lipinski definition) is 1. The molecule has 3 heterocycles. The number of nitrogens with one attached hydrogen (secondary N) is 1. The first-order chi connectivity index (χ1) is 13.1. The minimum atomic E-state index is 0.0648. The number of aromatic nitrogens is 1. The van der Waals surface area contributed by atoms with Gasteiger partial charge in [-0.2, -0.15) is 0 Å². The number of rotatable bonds is 4. The summed E-state index contributed by atoms with van der Waals surface area (Å²) in [4.78, 5) is 21.0. The lowest BCUT2D eigenvalue weighted by molar-refractivity contribution is -0.120. The van der Waals surface area contributed by atoms with E-state index in [1.807, 2.05) is 29.7 Å². The summed E-state index contributed by atoms with van der Waals surface area (Å²) in [5, 5.41) is 4.34. The van der Waals surface area contributed by atoms with Gasteiger partial charge in [-0.25, -0.2) is 4.98 Å². The molecule has 1 aliphatic heterocycles. The van der Waals surface area contributed by atoms with Gasteiger partial charge in [-0.1, -0.05) is 19.1 Å². The summed E-state index contributed by atoms with van der Waals surface area (Å²) >= 11 is 1.81. The molecule has 1 saturated heterocycles. The van der Waals surface area contributed by atoms with E-state index in [1.165, 1.54) is 20.5 Å². The van der Waals surface area contributed by atoms with Gasteiger partial charge in [0.05, 0.1) is 0 Å². The second kappa shape index (κ2) is 7.69. The second-order valence-electron chi connectivity index (χ2n) is 7.21. The zero-order valence-corrected chi connectivity index (χ0v) is 16.7. The molecule has 1 aliphatic rings. The standard InChI is InChI=1S/C22H25N3OS/c1-3-16-5-4-6-18(14-16)24-22(26)17-8-11-25(12-9-17)21-19-13-15(2)27-20(19)7-10-23-21/h4-7,10,13-14,17H,3,8-9,11-12H2,1-2H3,(H,24,26). The first kappa shape index (κ1) is 18.0. The van der Waals surface area contributed by atoms with E-state index in [4.69, 9.17) is 0 Å². The number of carbonyl (C=O) groups excluding carboxylic acids is 1. The molecule has 0 spiro atoms. The van der Waals surface area contributed by atoms with Crippen molar-refractivity contribution in [2.24, 2.45) is 5.92 Å². The summed E-state index contributed by atoms with van der Waals surface area (Å²) in [7, 11) is 0. The molecule has 27 heavy (non-hydrogen) atoms. The summed E-state index contributed by atoms with van der Waals surface area (Å²) < 4.78 is 1.29. The number of nitrogens with zero attached hydrogens (tertiary/aromatic N) is 2. The van der Waals surface area contributed by atoms with Crippen molar-refractivity contribution in [3.63, 3.8) is 0 Å². The van der Waals surface area contributed by atoms with E-state index in [0.29, 0.717) is 0 Å². The highest BCUT2D eigenvalue weighted by atomic mass is 32.1. The topological polar surface area (TPSA) is 45.2 Å². The van der Waals surface area contributed by atoms with E-state index >= 15 is 0 Å². The van der Waals surface area contributed by atoms with E-state index in [-0.39, 0.29) is 11.8 Å². The van der Waals surface area contributed by atoms with Crippen molar-refractivity contribution in [3.8, 4) is 0 Å². The third kappa shape index (κ3) is 3.83. The third-order valence-electron chi connectivity index (χ3n) is 5.32. The lowest BCUT2D eigenvalue weighted by Gasteiger charge is -2.32. The second-order valence-corrected chi connectivity index (χ2v) is 8.50. The SMILES string of the molecule is CCc1cccc(NC(=O)C2CCN(c3nccc4sc(C)cc34)CC2)c1. The van der Waals surface area contributed by atoms with Gasteiger partial charge in [0.2, 0.25) is 5.91 Å². The van der Waals surface area contributed by atoms with Crippen LogP contribution in [-0.4, -0.2) is 24.0 Å². The van der Waals surface area contributed by atoms with Crippen molar-refractivity contribution in [3.05, 3.63) is 53.0 Å². The van der Waals surface area contributed by atoms with Gasteiger partial charge in [-0.15, -0.1) is 11.3 Å². The molecule has 0 aliphatic carbocycles. The molecule has 3 aromatic rings. The van der Waals surface area contributed by atoms with Crippen molar-refractivity contribution < 1.29 is 4.79 Å². The van der Waals surface area contributed by atoms with E-state index < -0.39 is 0 Å². The molecular weight excluding hydrogens is 354 g/mol. The summed E-state index contributed by atoms with van der Waals surface area (Å²) in [5.74, 6) is 1.27. The zero-order chi connectivity index (χ0) is 18.8. The monoisotopic (exact) mass is 379 g/mol. The quantitative estimate of drug-likeness (QED) is 0.692. The Morgan fingerprint density at radius 2 is 2.07 bits per heavy atom. The average Bonchev–Trinajstić information content (AvgIpc) is 3.08. The fraction of sp³-hybridized carbons (Fsp3) is 0.364. The molecule has 4 rings (SSSR count). The van der Waals surface area contributed by atoms with Gasteiger partial charge < -0.3 is 10.2 Å². The maximum Gasteiger partial charge on any atom is 0.227 e. The van der Waals surface area contributed by atoms with Gasteiger partial charge in [0.15, 0.2) is 0 Å². The molecule has 5 heteroatoms. The summed E-state index contributed by atoms with van der Waals surface area (Å²) in [5.41, 5.74) is 2.15. The molecule has 1 aromatic carbocycles. The van der Waals surface area contributed by atoms with Crippen molar-refractivity contribution in [2.75, 3.05) is 23.3 Å². The molecule has 140 valence electrons. The number of thiophene rings is 1. The Hall–Kier alpha value is -2.40. The predicted octanol–water partition coefficient (Wildman–Crippen LogP) is 5.02. The fourth-order valence-electron chi connectivity index (χ4n) is 3.79. The summed E-state index contributed by atoms with van der Waals surface area (Å²) in [6, 6.07) is 12.4. The van der Waals surface area contributed by atoms with Gasteiger partial charge >= 0.3 is 0 Å². The largest absolute Gasteiger partial charge is 0.356 e. The van der Waals surface area contributed by atoms with Crippen LogP contribution in [0.15, 0.2) is 42.6 Å². The lowest BCUT2D eigenvalue weighted by Crippen LogP contribution is -2.38. The van der Waals surface area contributed by atoms with Crippen LogP contribution < -0.4 is 10.2 Å². The first-order valence-electron chi connectivity index (χ1n) is 9.64. The van der Waals surface area contributed by atoms with Gasteiger partial charge in [0, 0.05) is 45.9 Å². The van der Waals surface area contributed by atoms with Crippen molar-refractivity contribution in [1.29, 1.82) is 0 Å². The van der Waals surface area contributed by atoms with Crippen molar-refractivity contribution in [2.45, 2.75) is 33.1 Å². The Balaban J connectivity index is 1.41. The van der Waals surface area contributed by atoms with Crippen molar-refractivity contribution >= 4 is 38.8 Å². The number of carbonyl (C=O) groups is 1. The van der Waals surface area contributed by atoms with E-state index in [2.05, 4.69) is 53.3 Å². The lowest BCUT2D eigenvalue weighted by atomic mass is 9.95. The molecule has 4 nitrogen and oxygen atoms in total. The number of piperidine rings is 1. The van der Waals surface area contributed by atoms with Crippen molar-refractivity contribution in [1.82, 2.24) is 4.98 Å². The summed E-state index contributed by atoms with van der Waals surface area (Å²) in [6.45, 7) is 6.00. The molecule has 1 fully saturated rings. The number of aryl methyl sites for hydroxylation is 2. The number of pyridine rings is 1. The Labute approximate surface area is 164 Å². The molecule has 0 atom stereocenters. The van der Waals surface area contributed by atoms with Gasteiger partial charge in [0.25, 0.3) is 0 Å². The minimum absolute atomic E-state index is 0.0648. The van der Waals surface area contributed by atoms with Gasteiger partial charge in [0.1, 0.15) is 5.82 Å². The molecule has 1 N–H and O–H groups in total. The van der Waals surface area contributed by atoms with Crippen LogP contribution in [0.2, 0.25) is 0 Å². The molecule has 0 unspecified atom stereocenters. The number of hydrogen-bond acceptors (Lipinski definition) is 4. The van der Waals surface area contributed by atoms with E-state index in [0.717, 1.165) is 43.9 Å². The van der Waals surface area contributed by atoms with Crippen LogP contribution in [0.25, 0.3) is 10.1 Å². The number of benzene rings is 1. The number of anilines is 2. The van der Waals surface area contributed by atoms with Crippen LogP contribution in [0.5, 0.6) is 0 Å². The Morgan fingerprint density at radius 1 is 1.26 bits per heavy atom. The average molecular weight is 380 g/mol. The zero-order valence-electron chi connectivity index (χ0n) is 15.9. The third-order valence-corrected chi connectivity index (χ3v) is 6.33. The van der Waals surface area contributed by atoms with Crippen LogP contribution >= 0.6 is 11.3 Å². The van der Waals surface area contributed by atoms with Crippen LogP contribution in [0.3, 0.4) is 0 Å². The predicted molar refractivity (Wildman–Crippen MR) is 114 cm³/mol. The Kier molecular flexibility index (Phi) is 5.12. The van der Waals surface area contributed by atoms with Crippen LogP contribution in [0.1, 0.15) is 30.2 Å². The highest BCUT2D eigenvalue weighted by Crippen LogP contribution is 2.33. The molecule has 1 amide bonds. The molecule has 2 aromatic heterocycles. The molecule has 0 radical (unpaired) electrons. The highest BCUT2D eigenvalue weighted by molar-refractivity contribution is 7.19. The maximum atomic E-state index is 12.7. The number of fused-ring (bicyclic) bond motifs is 1. The molecular formula is C22H25N3OS. The fourth-order valence-corrected chi connectivity index (χ4v) is 4.71. The first-order valence-corrected chi connectivity index (χ1v) is 10.5. The van der Waals surface area contributed by atoms with E-state index in [9.17, 15) is 4.79 Å². The number of amides is 1. The van der Waals surface area contributed by atoms with Gasteiger partial charge in [-0.3, -0.25) is 4.79 Å². The molecule has 0 bridgehead atoms. The van der Waals surface area contributed by atoms with Crippen LogP contribution in [0, 0.1) is 12.8 Å². The Morgan fingerprint density at radius 3 is 2.85 bits per heavy atom. The van der Waals surface area contributed by atoms with E-state index in [1.54, 1.807) is 0 Å². The maximum absolute atomic E-state index is 12.7. The Bertz CT molecular complexity index is 957. The normalized spacial score (nSPS) is 15.3. The highest BCUT2D eigenvalue weighted by Gasteiger charge is 2.26. The summed E-state index contributed by atoms with van der Waals surface area (Å²) in [6.07, 6.45) is 4.59. The van der Waals surface area contributed by atoms with Gasteiger partial charge in [-0.05, 0) is 56.0 Å². The molecule has 0 saturated carbocycles. The smallest absolute Gasteiger partial charge is 0.227 e. The van der Waals surface area contributed by atoms with Crippen LogP contribution in [-0.2, 0) is 11.2 Å².